The third-order valence-electron chi connectivity index (χ3n) is 10.9. The van der Waals surface area contributed by atoms with Crippen LogP contribution in [0.5, 0.6) is 5.75 Å². The molecule has 8 aromatic carbocycles. The Hall–Kier alpha value is -7.43. The van der Waals surface area contributed by atoms with Gasteiger partial charge in [-0.25, -0.2) is 15.0 Å². The van der Waals surface area contributed by atoms with Crippen molar-refractivity contribution in [2.45, 2.75) is 19.4 Å². The fraction of sp³-hybridized carbons (Fsp3) is 0.0556. The first kappa shape index (κ1) is 35.0. The minimum absolute atomic E-state index is 0.568. The minimum atomic E-state index is -0.568. The Morgan fingerprint density at radius 3 is 1.14 bits per heavy atom. The maximum Gasteiger partial charge on any atom is 0.164 e. The van der Waals surface area contributed by atoms with E-state index in [0.717, 1.165) is 83.6 Å². The van der Waals surface area contributed by atoms with E-state index in [0.29, 0.717) is 17.5 Å². The second-order valence-corrected chi connectivity index (χ2v) is 15.2. The fourth-order valence-corrected chi connectivity index (χ4v) is 8.08. The van der Waals surface area contributed by atoms with Crippen molar-refractivity contribution in [2.75, 3.05) is 0 Å². The van der Waals surface area contributed by atoms with Gasteiger partial charge in [-0.3, -0.25) is 0 Å². The molecule has 0 atom stereocenters. The van der Waals surface area contributed by atoms with Crippen molar-refractivity contribution in [2.24, 2.45) is 0 Å². The first-order valence-electron chi connectivity index (χ1n) is 19.7. The van der Waals surface area contributed by atoms with Crippen LogP contribution in [0.4, 0.5) is 0 Å². The van der Waals surface area contributed by atoms with E-state index in [1.807, 2.05) is 36.4 Å². The van der Waals surface area contributed by atoms with Crippen LogP contribution >= 0.6 is 0 Å². The molecule has 276 valence electrons. The van der Waals surface area contributed by atoms with E-state index in [1.54, 1.807) is 0 Å². The Morgan fingerprint density at radius 1 is 0.328 bits per heavy atom. The van der Waals surface area contributed by atoms with Crippen LogP contribution in [-0.4, -0.2) is 15.0 Å². The molecular weight excluding hydrogens is 707 g/mol. The van der Waals surface area contributed by atoms with Gasteiger partial charge in [0.15, 0.2) is 17.5 Å². The van der Waals surface area contributed by atoms with E-state index in [2.05, 4.69) is 178 Å². The van der Waals surface area contributed by atoms with Crippen molar-refractivity contribution in [3.05, 3.63) is 206 Å². The Kier molecular flexibility index (Phi) is 8.80. The number of ether oxygens (including phenoxy) is 1. The zero-order valence-electron chi connectivity index (χ0n) is 32.3. The number of aromatic nitrogens is 3. The quantitative estimate of drug-likeness (QED) is 0.163. The summed E-state index contributed by atoms with van der Waals surface area (Å²) in [4.78, 5) is 16.2. The second-order valence-electron chi connectivity index (χ2n) is 15.2. The van der Waals surface area contributed by atoms with Crippen LogP contribution < -0.4 is 4.74 Å². The third-order valence-corrected chi connectivity index (χ3v) is 10.9. The average molecular weight is 746 g/mol. The normalized spacial score (nSPS) is 12.6. The highest BCUT2D eigenvalue weighted by atomic mass is 16.5. The monoisotopic (exact) mass is 745 g/mol. The summed E-state index contributed by atoms with van der Waals surface area (Å²) in [5, 5.41) is 0. The van der Waals surface area contributed by atoms with Gasteiger partial charge in [-0.2, -0.15) is 0 Å². The number of hydrogen-bond donors (Lipinski definition) is 0. The highest BCUT2D eigenvalue weighted by molar-refractivity contribution is 5.89. The number of hydrogen-bond acceptors (Lipinski definition) is 4. The SMILES string of the molecule is CC1(C)Oc2ccccc2-c2c(-c3nc(-c4cc(-c5ccccc5)cc(-c5ccccc5)c4)nc(-c4cc(-c5ccccc5)cc(-c5ccccc5)c4)n3)cccc21. The molecule has 10 rings (SSSR count). The first-order chi connectivity index (χ1) is 28.5. The first-order valence-corrected chi connectivity index (χ1v) is 19.7. The van der Waals surface area contributed by atoms with Crippen LogP contribution in [0.15, 0.2) is 200 Å². The van der Waals surface area contributed by atoms with Crippen LogP contribution in [0.25, 0.3) is 89.8 Å². The Balaban J connectivity index is 1.26. The van der Waals surface area contributed by atoms with Crippen LogP contribution in [0.1, 0.15) is 19.4 Å². The Bertz CT molecular complexity index is 2670. The highest BCUT2D eigenvalue weighted by Gasteiger charge is 2.34. The van der Waals surface area contributed by atoms with E-state index in [9.17, 15) is 0 Å². The zero-order valence-corrected chi connectivity index (χ0v) is 32.3. The minimum Gasteiger partial charge on any atom is -0.482 e. The number of rotatable bonds is 7. The molecule has 1 aliphatic heterocycles. The average Bonchev–Trinajstić information content (AvgIpc) is 3.29. The molecule has 4 heteroatoms. The van der Waals surface area contributed by atoms with Crippen molar-refractivity contribution in [1.82, 2.24) is 15.0 Å². The summed E-state index contributed by atoms with van der Waals surface area (Å²) < 4.78 is 6.59. The standard InChI is InChI=1S/C54H39N3O/c1-54(2)48-28-17-27-47(50(48)46-26-15-16-29-49(46)58-54)53-56-51(44-32-40(36-18-7-3-8-19-36)30-41(33-44)37-20-9-4-10-21-37)55-52(57-53)45-34-42(38-22-11-5-12-23-38)31-43(35-45)39-24-13-6-14-25-39/h3-35H,1-2H3. The lowest BCUT2D eigenvalue weighted by Gasteiger charge is -2.35. The molecule has 0 unspecified atom stereocenters. The molecule has 0 N–H and O–H groups in total. The maximum atomic E-state index is 6.59. The second kappa shape index (κ2) is 14.6. The lowest BCUT2D eigenvalue weighted by atomic mass is 9.83. The molecular formula is C54H39N3O. The molecule has 1 aromatic heterocycles. The van der Waals surface area contributed by atoms with Crippen molar-refractivity contribution in [3.8, 4) is 95.5 Å². The lowest BCUT2D eigenvalue weighted by Crippen LogP contribution is -2.29. The lowest BCUT2D eigenvalue weighted by molar-refractivity contribution is 0.106. The molecule has 0 radical (unpaired) electrons. The van der Waals surface area contributed by atoms with Crippen LogP contribution in [0, 0.1) is 0 Å². The van der Waals surface area contributed by atoms with E-state index < -0.39 is 5.60 Å². The van der Waals surface area contributed by atoms with Crippen molar-refractivity contribution >= 4 is 0 Å². The topological polar surface area (TPSA) is 47.9 Å². The molecule has 4 nitrogen and oxygen atoms in total. The molecule has 0 aliphatic carbocycles. The van der Waals surface area contributed by atoms with Gasteiger partial charge in [0.25, 0.3) is 0 Å². The molecule has 0 saturated carbocycles. The third kappa shape index (κ3) is 6.65. The molecule has 1 aliphatic rings. The molecule has 0 fully saturated rings. The van der Waals surface area contributed by atoms with E-state index in [-0.39, 0.29) is 0 Å². The van der Waals surface area contributed by atoms with Crippen LogP contribution in [0.3, 0.4) is 0 Å². The summed E-state index contributed by atoms with van der Waals surface area (Å²) in [6.07, 6.45) is 0. The van der Waals surface area contributed by atoms with Gasteiger partial charge >= 0.3 is 0 Å². The van der Waals surface area contributed by atoms with Crippen LogP contribution in [-0.2, 0) is 5.60 Å². The molecule has 9 aromatic rings. The van der Waals surface area contributed by atoms with Gasteiger partial charge in [-0.1, -0.05) is 158 Å². The maximum absolute atomic E-state index is 6.59. The van der Waals surface area contributed by atoms with E-state index >= 15 is 0 Å². The van der Waals surface area contributed by atoms with E-state index in [1.165, 1.54) is 0 Å². The van der Waals surface area contributed by atoms with Gasteiger partial charge in [-0.15, -0.1) is 0 Å². The van der Waals surface area contributed by atoms with Gasteiger partial charge in [0, 0.05) is 33.4 Å². The van der Waals surface area contributed by atoms with Crippen molar-refractivity contribution in [3.63, 3.8) is 0 Å². The van der Waals surface area contributed by atoms with Gasteiger partial charge in [0.2, 0.25) is 0 Å². The van der Waals surface area contributed by atoms with E-state index in [4.69, 9.17) is 19.7 Å². The van der Waals surface area contributed by atoms with Crippen molar-refractivity contribution < 1.29 is 4.74 Å². The molecule has 58 heavy (non-hydrogen) atoms. The van der Waals surface area contributed by atoms with Gasteiger partial charge in [0.05, 0.1) is 0 Å². The number of fused-ring (bicyclic) bond motifs is 3. The predicted molar refractivity (Wildman–Crippen MR) is 237 cm³/mol. The molecule has 0 bridgehead atoms. The summed E-state index contributed by atoms with van der Waals surface area (Å²) in [6.45, 7) is 4.24. The Morgan fingerprint density at radius 2 is 0.690 bits per heavy atom. The van der Waals surface area contributed by atoms with Crippen LogP contribution in [0.2, 0.25) is 0 Å². The fourth-order valence-electron chi connectivity index (χ4n) is 8.08. The molecule has 0 spiro atoms. The van der Waals surface area contributed by atoms with Crippen molar-refractivity contribution in [1.29, 1.82) is 0 Å². The van der Waals surface area contributed by atoms with Gasteiger partial charge in [0.1, 0.15) is 11.4 Å². The summed E-state index contributed by atoms with van der Waals surface area (Å²) in [5.41, 5.74) is 14.2. The smallest absolute Gasteiger partial charge is 0.164 e. The highest BCUT2D eigenvalue weighted by Crippen LogP contribution is 2.49. The molecule has 0 saturated heterocycles. The summed E-state index contributed by atoms with van der Waals surface area (Å²) >= 11 is 0. The number of para-hydroxylation sites is 1. The largest absolute Gasteiger partial charge is 0.482 e. The zero-order chi connectivity index (χ0) is 39.1. The number of benzene rings is 8. The summed E-state index contributed by atoms with van der Waals surface area (Å²) in [6, 6.07) is 69.9. The molecule has 2 heterocycles. The summed E-state index contributed by atoms with van der Waals surface area (Å²) in [5.74, 6) is 2.63. The van der Waals surface area contributed by atoms with Gasteiger partial charge < -0.3 is 4.74 Å². The Labute approximate surface area is 339 Å². The number of nitrogens with zero attached hydrogens (tertiary/aromatic N) is 3. The van der Waals surface area contributed by atoms with Gasteiger partial charge in [-0.05, 0) is 101 Å². The molecule has 0 amide bonds. The summed E-state index contributed by atoms with van der Waals surface area (Å²) in [7, 11) is 0. The predicted octanol–water partition coefficient (Wildman–Crippen LogP) is 13.8.